The maximum Gasteiger partial charge on any atom is 0.0888 e. The maximum atomic E-state index is 10.5. The van der Waals surface area contributed by atoms with Crippen molar-refractivity contribution in [3.8, 4) is 0 Å². The molecule has 0 bridgehead atoms. The van der Waals surface area contributed by atoms with Crippen LogP contribution < -0.4 is 0 Å². The van der Waals surface area contributed by atoms with Gasteiger partial charge in [-0.3, -0.25) is 0 Å². The molecule has 0 amide bonds. The predicted octanol–water partition coefficient (Wildman–Crippen LogP) is 2.83. The molecule has 1 rings (SSSR count). The molecule has 0 fully saturated rings. The molecule has 2 heteroatoms. The Balaban J connectivity index is 2.81. The molecule has 0 saturated carbocycles. The van der Waals surface area contributed by atoms with Gasteiger partial charge in [0.15, 0.2) is 0 Å². The van der Waals surface area contributed by atoms with Crippen molar-refractivity contribution >= 4 is 22.6 Å². The molecule has 0 aliphatic heterocycles. The minimum Gasteiger partial charge on any atom is -0.236 e. The van der Waals surface area contributed by atoms with Crippen LogP contribution in [0.1, 0.15) is 18.4 Å². The molecule has 0 N–H and O–H groups in total. The van der Waals surface area contributed by atoms with E-state index in [1.807, 2.05) is 31.2 Å². The zero-order valence-electron chi connectivity index (χ0n) is 6.38. The lowest BCUT2D eigenvalue weighted by atomic mass is 10.0. The fourth-order valence-corrected chi connectivity index (χ4v) is 1.25. The Morgan fingerprint density at radius 3 is 2.36 bits per heavy atom. The molecule has 1 atom stereocenters. The molecule has 0 aliphatic rings. The number of halogens is 1. The van der Waals surface area contributed by atoms with E-state index >= 15 is 0 Å². The van der Waals surface area contributed by atoms with E-state index in [0.717, 1.165) is 5.56 Å². The topological polar surface area (TPSA) is 19.9 Å². The van der Waals surface area contributed by atoms with E-state index in [0.29, 0.717) is 0 Å². The Morgan fingerprint density at radius 2 is 1.91 bits per heavy atom. The molecule has 0 heterocycles. The second kappa shape index (κ2) is 4.07. The van der Waals surface area contributed by atoms with E-state index in [-0.39, 0.29) is 12.5 Å². The number of rotatable bonds is 2. The largest absolute Gasteiger partial charge is 0.236 e. The lowest BCUT2D eigenvalue weighted by Crippen LogP contribution is -1.96. The molecule has 0 aromatic heterocycles. The number of benzene rings is 1. The van der Waals surface area contributed by atoms with Gasteiger partial charge in [-0.1, -0.05) is 19.1 Å². The van der Waals surface area contributed by atoms with E-state index < -0.39 is 0 Å². The summed E-state index contributed by atoms with van der Waals surface area (Å²) in [4.78, 5) is 0. The van der Waals surface area contributed by atoms with Crippen LogP contribution in [0.15, 0.2) is 24.3 Å². The van der Waals surface area contributed by atoms with Crippen LogP contribution in [0, 0.1) is 3.57 Å². The van der Waals surface area contributed by atoms with Crippen molar-refractivity contribution in [3.63, 3.8) is 0 Å². The highest BCUT2D eigenvalue weighted by molar-refractivity contribution is 14.1. The summed E-state index contributed by atoms with van der Waals surface area (Å²) in [7, 11) is 0. The minimum atomic E-state index is -0.0272. The van der Waals surface area contributed by atoms with Crippen LogP contribution in [0.3, 0.4) is 0 Å². The summed E-state index contributed by atoms with van der Waals surface area (Å²) in [6.45, 7) is 1.93. The standard InChI is InChI=1S/C9H10IO/c1-7(6-11)8-2-4-9(10)5-3-8/h2-5,7H,6H2,1H3. The van der Waals surface area contributed by atoms with Crippen molar-refractivity contribution in [2.45, 2.75) is 12.8 Å². The summed E-state index contributed by atoms with van der Waals surface area (Å²) in [5.74, 6) is 0.145. The van der Waals surface area contributed by atoms with Crippen LogP contribution >= 0.6 is 22.6 Å². The first-order valence-corrected chi connectivity index (χ1v) is 4.65. The van der Waals surface area contributed by atoms with Crippen LogP contribution in [-0.4, -0.2) is 6.61 Å². The third-order valence-electron chi connectivity index (χ3n) is 1.69. The first-order chi connectivity index (χ1) is 5.24. The van der Waals surface area contributed by atoms with Gasteiger partial charge in [0.2, 0.25) is 0 Å². The van der Waals surface area contributed by atoms with Crippen LogP contribution in [0.2, 0.25) is 0 Å². The summed E-state index contributed by atoms with van der Waals surface area (Å²) >= 11 is 2.25. The number of hydrogen-bond donors (Lipinski definition) is 0. The van der Waals surface area contributed by atoms with Gasteiger partial charge in [0.1, 0.15) is 0 Å². The molecule has 1 radical (unpaired) electrons. The zero-order chi connectivity index (χ0) is 8.27. The average molecular weight is 261 g/mol. The second-order valence-electron chi connectivity index (χ2n) is 2.62. The van der Waals surface area contributed by atoms with Crippen LogP contribution in [0.5, 0.6) is 0 Å². The Labute approximate surface area is 80.6 Å². The molecule has 0 spiro atoms. The molecular weight excluding hydrogens is 251 g/mol. The fourth-order valence-electron chi connectivity index (χ4n) is 0.888. The van der Waals surface area contributed by atoms with E-state index in [4.69, 9.17) is 0 Å². The smallest absolute Gasteiger partial charge is 0.0888 e. The third kappa shape index (κ3) is 2.45. The van der Waals surface area contributed by atoms with Crippen LogP contribution in [-0.2, 0) is 5.11 Å². The van der Waals surface area contributed by atoms with Gasteiger partial charge in [0.05, 0.1) is 6.61 Å². The van der Waals surface area contributed by atoms with Crippen LogP contribution in [0.25, 0.3) is 0 Å². The Bertz CT molecular complexity index is 218. The van der Waals surface area contributed by atoms with Crippen molar-refractivity contribution in [3.05, 3.63) is 33.4 Å². The SMILES string of the molecule is CC(C[O])c1ccc(I)cc1. The van der Waals surface area contributed by atoms with Gasteiger partial charge in [0, 0.05) is 9.49 Å². The van der Waals surface area contributed by atoms with E-state index in [2.05, 4.69) is 22.6 Å². The Kier molecular flexibility index (Phi) is 3.33. The average Bonchev–Trinajstić information content (AvgIpc) is 2.05. The molecule has 0 aliphatic carbocycles. The summed E-state index contributed by atoms with van der Waals surface area (Å²) in [6, 6.07) is 8.10. The second-order valence-corrected chi connectivity index (χ2v) is 3.86. The molecule has 11 heavy (non-hydrogen) atoms. The zero-order valence-corrected chi connectivity index (χ0v) is 8.54. The first kappa shape index (κ1) is 9.00. The summed E-state index contributed by atoms with van der Waals surface area (Å²) < 4.78 is 1.21. The predicted molar refractivity (Wildman–Crippen MR) is 53.1 cm³/mol. The van der Waals surface area contributed by atoms with Gasteiger partial charge in [-0.25, -0.2) is 5.11 Å². The fraction of sp³-hybridized carbons (Fsp3) is 0.333. The molecule has 1 aromatic rings. The van der Waals surface area contributed by atoms with Crippen LogP contribution in [0.4, 0.5) is 0 Å². The van der Waals surface area contributed by atoms with Crippen molar-refractivity contribution in [2.24, 2.45) is 0 Å². The Hall–Kier alpha value is -0.0900. The molecule has 1 unspecified atom stereocenters. The monoisotopic (exact) mass is 261 g/mol. The third-order valence-corrected chi connectivity index (χ3v) is 2.41. The van der Waals surface area contributed by atoms with E-state index in [1.54, 1.807) is 0 Å². The molecule has 1 nitrogen and oxygen atoms in total. The molecule has 59 valence electrons. The summed E-state index contributed by atoms with van der Waals surface area (Å²) in [5, 5.41) is 10.5. The number of hydrogen-bond acceptors (Lipinski definition) is 0. The maximum absolute atomic E-state index is 10.5. The Morgan fingerprint density at radius 1 is 1.36 bits per heavy atom. The van der Waals surface area contributed by atoms with E-state index in [9.17, 15) is 5.11 Å². The van der Waals surface area contributed by atoms with Crippen molar-refractivity contribution in [1.82, 2.24) is 0 Å². The molecule has 1 aromatic carbocycles. The van der Waals surface area contributed by atoms with Gasteiger partial charge in [0.25, 0.3) is 0 Å². The normalized spacial score (nSPS) is 13.0. The van der Waals surface area contributed by atoms with Crippen molar-refractivity contribution in [2.75, 3.05) is 6.61 Å². The van der Waals surface area contributed by atoms with Gasteiger partial charge in [-0.15, -0.1) is 0 Å². The van der Waals surface area contributed by atoms with Gasteiger partial charge < -0.3 is 0 Å². The quantitative estimate of drug-likeness (QED) is 0.729. The highest BCUT2D eigenvalue weighted by Crippen LogP contribution is 2.15. The highest BCUT2D eigenvalue weighted by atomic mass is 127. The van der Waals surface area contributed by atoms with Crippen molar-refractivity contribution in [1.29, 1.82) is 0 Å². The summed E-state index contributed by atoms with van der Waals surface area (Å²) in [5.41, 5.74) is 1.14. The lowest BCUT2D eigenvalue weighted by molar-refractivity contribution is 0.177. The van der Waals surface area contributed by atoms with Crippen molar-refractivity contribution < 1.29 is 5.11 Å². The highest BCUT2D eigenvalue weighted by Gasteiger charge is 2.02. The van der Waals surface area contributed by atoms with Gasteiger partial charge >= 0.3 is 0 Å². The van der Waals surface area contributed by atoms with Gasteiger partial charge in [-0.05, 0) is 40.3 Å². The van der Waals surface area contributed by atoms with E-state index in [1.165, 1.54) is 3.57 Å². The van der Waals surface area contributed by atoms with Gasteiger partial charge in [-0.2, -0.15) is 0 Å². The first-order valence-electron chi connectivity index (χ1n) is 3.57. The molecular formula is C9H10IO. The minimum absolute atomic E-state index is 0.0272. The lowest BCUT2D eigenvalue weighted by Gasteiger charge is -2.05. The summed E-state index contributed by atoms with van der Waals surface area (Å²) in [6.07, 6.45) is 0. The molecule has 0 saturated heterocycles.